The maximum Gasteiger partial charge on any atom is 0.225 e. The Bertz CT molecular complexity index is 906. The van der Waals surface area contributed by atoms with Crippen LogP contribution < -0.4 is 15.5 Å². The lowest BCUT2D eigenvalue weighted by Crippen LogP contribution is -2.47. The number of amides is 1. The number of aromatic nitrogens is 2. The SMILES string of the molecule is C=Nc1cnc(N2CCCCCC2)nc1/C=C\CC(=O)NC1CCN(CCNC2CCC(OF)CC2)CC1. The Hall–Kier alpha value is -2.43. The molecule has 1 amide bonds. The summed E-state index contributed by atoms with van der Waals surface area (Å²) < 4.78 is 12.3. The quantitative estimate of drug-likeness (QED) is 0.419. The summed E-state index contributed by atoms with van der Waals surface area (Å²) in [4.78, 5) is 34.5. The molecule has 2 saturated heterocycles. The summed E-state index contributed by atoms with van der Waals surface area (Å²) in [6.45, 7) is 9.50. The van der Waals surface area contributed by atoms with Crippen LogP contribution in [0.5, 0.6) is 0 Å². The zero-order valence-corrected chi connectivity index (χ0v) is 22.6. The number of nitrogens with zero attached hydrogens (tertiary/aromatic N) is 5. The highest BCUT2D eigenvalue weighted by Crippen LogP contribution is 2.23. The van der Waals surface area contributed by atoms with Gasteiger partial charge in [0.05, 0.1) is 18.0 Å². The van der Waals surface area contributed by atoms with Crippen molar-refractivity contribution in [3.63, 3.8) is 0 Å². The number of carbonyl (C=O) groups is 1. The van der Waals surface area contributed by atoms with Crippen molar-refractivity contribution in [2.45, 2.75) is 88.8 Å². The van der Waals surface area contributed by atoms with Crippen LogP contribution in [0, 0.1) is 0 Å². The lowest BCUT2D eigenvalue weighted by Gasteiger charge is -2.33. The summed E-state index contributed by atoms with van der Waals surface area (Å²) in [6, 6.07) is 0.683. The number of anilines is 1. The molecule has 0 spiro atoms. The maximum absolute atomic E-state index is 12.6. The Morgan fingerprint density at radius 2 is 1.82 bits per heavy atom. The summed E-state index contributed by atoms with van der Waals surface area (Å²) in [5.41, 5.74) is 1.33. The molecule has 1 aliphatic carbocycles. The third-order valence-corrected chi connectivity index (χ3v) is 8.04. The molecule has 10 heteroatoms. The van der Waals surface area contributed by atoms with Crippen LogP contribution in [-0.2, 0) is 9.74 Å². The van der Waals surface area contributed by atoms with E-state index in [4.69, 9.17) is 4.98 Å². The number of nitrogens with one attached hydrogen (secondary N) is 2. The first-order chi connectivity index (χ1) is 18.6. The Morgan fingerprint density at radius 3 is 2.50 bits per heavy atom. The predicted molar refractivity (Wildman–Crippen MR) is 149 cm³/mol. The van der Waals surface area contributed by atoms with Crippen molar-refractivity contribution in [1.82, 2.24) is 25.5 Å². The zero-order valence-electron chi connectivity index (χ0n) is 22.6. The second-order valence-electron chi connectivity index (χ2n) is 10.8. The van der Waals surface area contributed by atoms with Gasteiger partial charge in [0.15, 0.2) is 0 Å². The fraction of sp³-hybridized carbons (Fsp3) is 0.714. The molecule has 0 radical (unpaired) electrons. The van der Waals surface area contributed by atoms with Gasteiger partial charge in [0, 0.05) is 57.8 Å². The molecule has 1 saturated carbocycles. The van der Waals surface area contributed by atoms with Gasteiger partial charge in [-0.1, -0.05) is 18.9 Å². The van der Waals surface area contributed by atoms with Gasteiger partial charge < -0.3 is 20.4 Å². The second-order valence-corrected chi connectivity index (χ2v) is 10.8. The molecule has 1 aromatic heterocycles. The van der Waals surface area contributed by atoms with Crippen molar-refractivity contribution < 1.29 is 14.3 Å². The van der Waals surface area contributed by atoms with E-state index in [0.717, 1.165) is 96.6 Å². The average Bonchev–Trinajstić information content (AvgIpc) is 3.24. The van der Waals surface area contributed by atoms with Gasteiger partial charge in [0.2, 0.25) is 11.9 Å². The molecule has 4 rings (SSSR count). The van der Waals surface area contributed by atoms with Gasteiger partial charge in [-0.15, -0.1) is 0 Å². The van der Waals surface area contributed by atoms with E-state index >= 15 is 0 Å². The van der Waals surface area contributed by atoms with Gasteiger partial charge in [-0.25, -0.2) is 9.97 Å². The Balaban J connectivity index is 1.15. The first-order valence-electron chi connectivity index (χ1n) is 14.4. The van der Waals surface area contributed by atoms with Crippen LogP contribution in [0.4, 0.5) is 16.2 Å². The largest absolute Gasteiger partial charge is 0.353 e. The molecule has 3 fully saturated rings. The number of halogens is 1. The Kier molecular flexibility index (Phi) is 11.5. The van der Waals surface area contributed by atoms with E-state index in [1.807, 2.05) is 12.2 Å². The van der Waals surface area contributed by atoms with E-state index in [0.29, 0.717) is 23.8 Å². The molecule has 9 nitrogen and oxygen atoms in total. The zero-order chi connectivity index (χ0) is 26.6. The van der Waals surface area contributed by atoms with Crippen molar-refractivity contribution in [3.05, 3.63) is 18.0 Å². The van der Waals surface area contributed by atoms with E-state index in [2.05, 4.69) is 42.1 Å². The molecule has 1 aromatic rings. The number of hydrogen-bond acceptors (Lipinski definition) is 8. The first kappa shape index (κ1) is 28.6. The molecule has 3 aliphatic rings. The molecular weight excluding hydrogens is 485 g/mol. The van der Waals surface area contributed by atoms with Crippen LogP contribution in [-0.4, -0.2) is 84.9 Å². The number of carbonyl (C=O) groups excluding carboxylic acids is 1. The van der Waals surface area contributed by atoms with Crippen LogP contribution >= 0.6 is 0 Å². The van der Waals surface area contributed by atoms with E-state index in [9.17, 15) is 9.32 Å². The van der Waals surface area contributed by atoms with Crippen molar-refractivity contribution in [3.8, 4) is 0 Å². The normalized spacial score (nSPS) is 23.9. The van der Waals surface area contributed by atoms with Crippen molar-refractivity contribution in [1.29, 1.82) is 0 Å². The van der Waals surface area contributed by atoms with E-state index in [1.54, 1.807) is 6.20 Å². The second kappa shape index (κ2) is 15.2. The molecule has 0 aromatic carbocycles. The maximum atomic E-state index is 12.6. The minimum atomic E-state index is -0.214. The first-order valence-corrected chi connectivity index (χ1v) is 14.4. The summed E-state index contributed by atoms with van der Waals surface area (Å²) in [5.74, 6) is 0.758. The predicted octanol–water partition coefficient (Wildman–Crippen LogP) is 3.97. The molecule has 2 aliphatic heterocycles. The minimum absolute atomic E-state index is 0.0316. The summed E-state index contributed by atoms with van der Waals surface area (Å²) in [5, 5.41) is 6.80. The van der Waals surface area contributed by atoms with Gasteiger partial charge in [-0.05, 0) is 68.7 Å². The molecule has 2 N–H and O–H groups in total. The highest BCUT2D eigenvalue weighted by Gasteiger charge is 2.23. The highest BCUT2D eigenvalue weighted by molar-refractivity contribution is 5.79. The number of likely N-dealkylation sites (tertiary alicyclic amines) is 1. The van der Waals surface area contributed by atoms with Gasteiger partial charge in [0.1, 0.15) is 5.69 Å². The fourth-order valence-electron chi connectivity index (χ4n) is 5.69. The third kappa shape index (κ3) is 8.81. The lowest BCUT2D eigenvalue weighted by atomic mass is 9.93. The van der Waals surface area contributed by atoms with Crippen LogP contribution in [0.3, 0.4) is 0 Å². The molecule has 0 bridgehead atoms. The highest BCUT2D eigenvalue weighted by atomic mass is 19.3. The topological polar surface area (TPSA) is 95.0 Å². The van der Waals surface area contributed by atoms with E-state index in [-0.39, 0.29) is 18.1 Å². The van der Waals surface area contributed by atoms with Crippen LogP contribution in [0.2, 0.25) is 0 Å². The molecule has 0 atom stereocenters. The van der Waals surface area contributed by atoms with Crippen LogP contribution in [0.1, 0.15) is 76.3 Å². The third-order valence-electron chi connectivity index (χ3n) is 8.04. The van der Waals surface area contributed by atoms with Gasteiger partial charge in [-0.2, -0.15) is 4.94 Å². The molecule has 3 heterocycles. The smallest absolute Gasteiger partial charge is 0.225 e. The van der Waals surface area contributed by atoms with Crippen LogP contribution in [0.15, 0.2) is 17.3 Å². The molecule has 210 valence electrons. The monoisotopic (exact) mass is 529 g/mol. The summed E-state index contributed by atoms with van der Waals surface area (Å²) >= 11 is 0. The van der Waals surface area contributed by atoms with E-state index in [1.165, 1.54) is 12.8 Å². The average molecular weight is 530 g/mol. The molecular formula is C28H44FN7O2. The van der Waals surface area contributed by atoms with E-state index < -0.39 is 0 Å². The fourth-order valence-corrected chi connectivity index (χ4v) is 5.69. The summed E-state index contributed by atoms with van der Waals surface area (Å²) in [6.07, 6.45) is 15.8. The van der Waals surface area contributed by atoms with Crippen molar-refractivity contribution >= 4 is 30.3 Å². The number of aliphatic imine (C=N–C) groups is 1. The number of piperidine rings is 1. The Labute approximate surface area is 226 Å². The standard InChI is InChI=1S/C28H44FN7O2/c1-30-26-21-32-28(36-16-4-2-3-5-17-36)34-25(26)7-6-8-27(37)33-23-13-18-35(19-14-23)20-15-31-22-9-11-24(38-29)12-10-22/h6-7,21-24,31H,1-5,8-20H2,(H,33,37)/b7-6-. The van der Waals surface area contributed by atoms with Crippen molar-refractivity contribution in [2.24, 2.45) is 4.99 Å². The number of hydrogen-bond donors (Lipinski definition) is 2. The van der Waals surface area contributed by atoms with Gasteiger partial charge in [-0.3, -0.25) is 9.79 Å². The van der Waals surface area contributed by atoms with Crippen LogP contribution in [0.25, 0.3) is 6.08 Å². The van der Waals surface area contributed by atoms with Gasteiger partial charge in [0.25, 0.3) is 0 Å². The Morgan fingerprint density at radius 1 is 1.08 bits per heavy atom. The van der Waals surface area contributed by atoms with Gasteiger partial charge >= 0.3 is 0 Å². The summed E-state index contributed by atoms with van der Waals surface area (Å²) in [7, 11) is 0. The molecule has 38 heavy (non-hydrogen) atoms. The lowest BCUT2D eigenvalue weighted by molar-refractivity contribution is -0.188. The number of rotatable bonds is 11. The molecule has 0 unspecified atom stereocenters. The minimum Gasteiger partial charge on any atom is -0.353 e. The van der Waals surface area contributed by atoms with Crippen molar-refractivity contribution in [2.75, 3.05) is 44.2 Å².